The number of halogens is 2. The summed E-state index contributed by atoms with van der Waals surface area (Å²) in [4.78, 5) is 28.6. The van der Waals surface area contributed by atoms with E-state index in [4.69, 9.17) is 15.7 Å². The molecule has 236 valence electrons. The minimum Gasteiger partial charge on any atom is -0.388 e. The van der Waals surface area contributed by atoms with Crippen LogP contribution in [-0.2, 0) is 4.79 Å². The zero-order chi connectivity index (χ0) is 29.2. The van der Waals surface area contributed by atoms with Crippen LogP contribution in [0.1, 0.15) is 49.3 Å². The van der Waals surface area contributed by atoms with Crippen molar-refractivity contribution in [2.24, 2.45) is 5.73 Å². The average Bonchev–Trinajstić information content (AvgIpc) is 3.72. The van der Waals surface area contributed by atoms with Crippen molar-refractivity contribution >= 4 is 53.7 Å². The van der Waals surface area contributed by atoms with Gasteiger partial charge in [-0.15, -0.1) is 24.8 Å². The number of amides is 1. The number of aromatic nitrogens is 4. The monoisotopic (exact) mass is 642 g/mol. The highest BCUT2D eigenvalue weighted by atomic mass is 35.5. The molecule has 1 aliphatic carbocycles. The van der Waals surface area contributed by atoms with E-state index in [2.05, 4.69) is 44.8 Å². The van der Waals surface area contributed by atoms with E-state index in [9.17, 15) is 15.0 Å². The fourth-order valence-electron chi connectivity index (χ4n) is 6.11. The molecule has 3 heterocycles. The van der Waals surface area contributed by atoms with Gasteiger partial charge in [-0.1, -0.05) is 67.6 Å². The summed E-state index contributed by atoms with van der Waals surface area (Å²) in [7, 11) is 0. The third kappa shape index (κ3) is 6.77. The second kappa shape index (κ2) is 14.5. The van der Waals surface area contributed by atoms with Crippen molar-refractivity contribution in [3.63, 3.8) is 0 Å². The number of fused-ring (bicyclic) bond motifs is 1. The van der Waals surface area contributed by atoms with E-state index >= 15 is 0 Å². The molecule has 1 saturated heterocycles. The first-order valence-electron chi connectivity index (χ1n) is 14.7. The molecule has 1 amide bonds. The number of aliphatic hydroxyl groups excluding tert-OH is 2. The van der Waals surface area contributed by atoms with Crippen LogP contribution in [0.3, 0.4) is 0 Å². The largest absolute Gasteiger partial charge is 0.388 e. The number of hydrogen-bond acceptors (Lipinski definition) is 9. The molecule has 2 unspecified atom stereocenters. The number of carbonyl (C=O) groups is 1. The molecule has 1 aliphatic heterocycles. The summed E-state index contributed by atoms with van der Waals surface area (Å²) < 4.78 is 1.81. The van der Waals surface area contributed by atoms with Crippen LogP contribution in [0.25, 0.3) is 11.2 Å². The number of benzene rings is 2. The Morgan fingerprint density at radius 1 is 1.02 bits per heavy atom. The molecule has 6 N–H and O–H groups in total. The maximum atomic E-state index is 12.1. The average molecular weight is 644 g/mol. The Morgan fingerprint density at radius 2 is 1.68 bits per heavy atom. The SMILES string of the molecule is CCC(=O)N[C@H]1CC(n2cnc3c(NCC(c4ccccc4)c4ccccc4)nc(N4CC[C@@H](N)C4)nc32)C(O)[C@@H]1O.Cl.Cl. The van der Waals surface area contributed by atoms with Gasteiger partial charge in [0.1, 0.15) is 12.2 Å². The molecule has 0 spiro atoms. The summed E-state index contributed by atoms with van der Waals surface area (Å²) in [6.45, 7) is 3.71. The predicted molar refractivity (Wildman–Crippen MR) is 176 cm³/mol. The quantitative estimate of drug-likeness (QED) is 0.185. The predicted octanol–water partition coefficient (Wildman–Crippen LogP) is 3.01. The molecular weight excluding hydrogens is 603 g/mol. The number of anilines is 2. The minimum absolute atomic E-state index is 0. The molecule has 5 atom stereocenters. The first kappa shape index (κ1) is 33.4. The summed E-state index contributed by atoms with van der Waals surface area (Å²) in [5.74, 6) is 1.03. The van der Waals surface area contributed by atoms with Crippen molar-refractivity contribution in [2.75, 3.05) is 29.9 Å². The Kier molecular flexibility index (Phi) is 11.0. The van der Waals surface area contributed by atoms with Gasteiger partial charge in [0, 0.05) is 38.0 Å². The van der Waals surface area contributed by atoms with Crippen LogP contribution in [0.2, 0.25) is 0 Å². The van der Waals surface area contributed by atoms with Gasteiger partial charge in [-0.2, -0.15) is 9.97 Å². The number of nitrogens with two attached hydrogens (primary N) is 1. The summed E-state index contributed by atoms with van der Waals surface area (Å²) >= 11 is 0. The van der Waals surface area contributed by atoms with Gasteiger partial charge in [-0.3, -0.25) is 4.79 Å². The smallest absolute Gasteiger partial charge is 0.229 e. The van der Waals surface area contributed by atoms with Gasteiger partial charge in [0.15, 0.2) is 17.0 Å². The van der Waals surface area contributed by atoms with E-state index in [-0.39, 0.29) is 42.7 Å². The third-order valence-electron chi connectivity index (χ3n) is 8.47. The van der Waals surface area contributed by atoms with Gasteiger partial charge in [0.25, 0.3) is 0 Å². The number of carbonyl (C=O) groups excluding carboxylic acids is 1. The van der Waals surface area contributed by atoms with Crippen molar-refractivity contribution in [1.29, 1.82) is 0 Å². The van der Waals surface area contributed by atoms with E-state index < -0.39 is 24.3 Å². The van der Waals surface area contributed by atoms with E-state index in [0.717, 1.165) is 13.0 Å². The summed E-state index contributed by atoms with van der Waals surface area (Å²) in [6.07, 6.45) is 0.936. The van der Waals surface area contributed by atoms with Crippen molar-refractivity contribution in [1.82, 2.24) is 24.8 Å². The Labute approximate surface area is 269 Å². The fourth-order valence-corrected chi connectivity index (χ4v) is 6.11. The van der Waals surface area contributed by atoms with Gasteiger partial charge < -0.3 is 36.0 Å². The van der Waals surface area contributed by atoms with Crippen LogP contribution in [0.5, 0.6) is 0 Å². The van der Waals surface area contributed by atoms with Crippen molar-refractivity contribution < 1.29 is 15.0 Å². The lowest BCUT2D eigenvalue weighted by Gasteiger charge is -2.22. The van der Waals surface area contributed by atoms with Crippen LogP contribution in [-0.4, -0.2) is 79.6 Å². The van der Waals surface area contributed by atoms with E-state index in [1.54, 1.807) is 17.8 Å². The van der Waals surface area contributed by atoms with Crippen LogP contribution in [0.4, 0.5) is 11.8 Å². The maximum Gasteiger partial charge on any atom is 0.229 e. The number of imidazole rings is 1. The Bertz CT molecular complexity index is 1490. The minimum atomic E-state index is -1.10. The Morgan fingerprint density at radius 3 is 2.27 bits per heavy atom. The summed E-state index contributed by atoms with van der Waals surface area (Å²) in [5.41, 5.74) is 9.71. The number of rotatable bonds is 9. The topological polar surface area (TPSA) is 154 Å². The van der Waals surface area contributed by atoms with Crippen LogP contribution < -0.4 is 21.3 Å². The van der Waals surface area contributed by atoms with E-state index in [1.807, 2.05) is 36.4 Å². The third-order valence-corrected chi connectivity index (χ3v) is 8.47. The Hall–Kier alpha value is -3.48. The van der Waals surface area contributed by atoms with Gasteiger partial charge in [-0.25, -0.2) is 4.98 Å². The van der Waals surface area contributed by atoms with Crippen LogP contribution in [0.15, 0.2) is 67.0 Å². The second-order valence-corrected chi connectivity index (χ2v) is 11.3. The first-order valence-corrected chi connectivity index (χ1v) is 14.7. The molecule has 11 nitrogen and oxygen atoms in total. The first-order chi connectivity index (χ1) is 20.4. The van der Waals surface area contributed by atoms with Crippen LogP contribution >= 0.6 is 24.8 Å². The highest BCUT2D eigenvalue weighted by Gasteiger charge is 2.44. The lowest BCUT2D eigenvalue weighted by molar-refractivity contribution is -0.122. The van der Waals surface area contributed by atoms with Crippen LogP contribution in [0, 0.1) is 0 Å². The number of aliphatic hydroxyl groups is 2. The van der Waals surface area contributed by atoms with Crippen molar-refractivity contribution in [2.45, 2.75) is 62.4 Å². The number of nitrogens with one attached hydrogen (secondary N) is 2. The van der Waals surface area contributed by atoms with Gasteiger partial charge in [-0.05, 0) is 24.0 Å². The maximum absolute atomic E-state index is 12.1. The summed E-state index contributed by atoms with van der Waals surface area (Å²) in [6, 6.07) is 19.7. The lowest BCUT2D eigenvalue weighted by Crippen LogP contribution is -2.42. The lowest BCUT2D eigenvalue weighted by atomic mass is 9.91. The second-order valence-electron chi connectivity index (χ2n) is 11.3. The fraction of sp³-hybridized carbons (Fsp3) is 0.419. The molecule has 13 heteroatoms. The molecule has 44 heavy (non-hydrogen) atoms. The summed E-state index contributed by atoms with van der Waals surface area (Å²) in [5, 5.41) is 28.2. The zero-order valence-electron chi connectivity index (χ0n) is 24.5. The molecule has 2 aromatic carbocycles. The number of nitrogens with zero attached hydrogens (tertiary/aromatic N) is 5. The molecule has 0 bridgehead atoms. The van der Waals surface area contributed by atoms with E-state index in [1.165, 1.54) is 11.1 Å². The molecule has 6 rings (SSSR count). The van der Waals surface area contributed by atoms with Crippen molar-refractivity contribution in [3.8, 4) is 0 Å². The molecule has 1 saturated carbocycles. The van der Waals surface area contributed by atoms with E-state index in [0.29, 0.717) is 48.9 Å². The normalized spacial score (nSPS) is 22.9. The van der Waals surface area contributed by atoms with Gasteiger partial charge >= 0.3 is 0 Å². The molecular formula is C31H40Cl2N8O3. The van der Waals surface area contributed by atoms with Gasteiger partial charge in [0.2, 0.25) is 11.9 Å². The van der Waals surface area contributed by atoms with Crippen molar-refractivity contribution in [3.05, 3.63) is 78.1 Å². The highest BCUT2D eigenvalue weighted by Crippen LogP contribution is 2.35. The Balaban J connectivity index is 0.00000221. The molecule has 4 aromatic rings. The highest BCUT2D eigenvalue weighted by molar-refractivity contribution is 5.86. The number of hydrogen-bond donors (Lipinski definition) is 5. The molecule has 2 fully saturated rings. The standard InChI is InChI=1S/C31H38N8O3.2ClH/c1-2-25(40)35-23-15-24(28(42)27(23)41)39-18-34-26-29(36-31(37-30(26)39)38-14-13-21(32)17-38)33-16-22(19-9-5-3-6-10-19)20-11-7-4-8-12-20;;/h3-12,18,21-24,27-28,41-42H,2,13-17,32H2,1H3,(H,35,40)(H,33,36,37);2*1H/t21-,23+,24?,27-,28?;;/m1../s1. The van der Waals surface area contributed by atoms with Gasteiger partial charge in [0.05, 0.1) is 18.4 Å². The molecule has 0 radical (unpaired) electrons. The molecule has 2 aliphatic rings. The zero-order valence-corrected chi connectivity index (χ0v) is 26.1. The molecule has 2 aromatic heterocycles.